The monoisotopic (exact) mass is 441 g/mol. The van der Waals surface area contributed by atoms with Crippen LogP contribution in [-0.2, 0) is 6.54 Å². The van der Waals surface area contributed by atoms with Crippen molar-refractivity contribution in [2.45, 2.75) is 39.2 Å². The number of alkyl halides is 1. The van der Waals surface area contributed by atoms with E-state index in [1.54, 1.807) is 34.9 Å². The molecule has 3 aromatic rings. The van der Waals surface area contributed by atoms with Gasteiger partial charge in [-0.3, -0.25) is 9.36 Å². The van der Waals surface area contributed by atoms with Crippen molar-refractivity contribution in [2.75, 3.05) is 26.3 Å². The fourth-order valence-corrected chi connectivity index (χ4v) is 4.42. The molecule has 1 aliphatic rings. The maximum atomic E-state index is 13.5. The minimum absolute atomic E-state index is 0.0905. The van der Waals surface area contributed by atoms with Gasteiger partial charge >= 0.3 is 0 Å². The van der Waals surface area contributed by atoms with Gasteiger partial charge in [0.2, 0.25) is 0 Å². The van der Waals surface area contributed by atoms with Crippen molar-refractivity contribution in [2.24, 2.45) is 5.92 Å². The lowest BCUT2D eigenvalue weighted by molar-refractivity contribution is 0.151. The Hall–Kier alpha value is -2.80. The van der Waals surface area contributed by atoms with Gasteiger partial charge in [0.1, 0.15) is 29.8 Å². The Balaban J connectivity index is 1.67. The minimum atomic E-state index is -0.349. The molecule has 170 valence electrons. The average molecular weight is 442 g/mol. The first-order chi connectivity index (χ1) is 15.4. The predicted octanol–water partition coefficient (Wildman–Crippen LogP) is 5.13. The molecule has 0 bridgehead atoms. The molecule has 1 atom stereocenters. The van der Waals surface area contributed by atoms with Gasteiger partial charge in [-0.1, -0.05) is 13.8 Å². The standard InChI is InChI=1S/C25H29F2N3O2/c1-17(2)24-28-23-10-9-21(32-20-7-5-19(27)6-8-20)14-22(23)25(31)30(24)16-18-4-3-12-29(15-18)13-11-26/h5-10,14,17-18H,3-4,11-13,15-16H2,1-2H3. The van der Waals surface area contributed by atoms with Crippen LogP contribution in [0.5, 0.6) is 11.5 Å². The van der Waals surface area contributed by atoms with Crippen LogP contribution in [0.2, 0.25) is 0 Å². The summed E-state index contributed by atoms with van der Waals surface area (Å²) in [7, 11) is 0. The number of aromatic nitrogens is 2. The summed E-state index contributed by atoms with van der Waals surface area (Å²) in [5.74, 6) is 1.79. The van der Waals surface area contributed by atoms with Gasteiger partial charge in [-0.15, -0.1) is 0 Å². The third kappa shape index (κ3) is 4.99. The summed E-state index contributed by atoms with van der Waals surface area (Å²) in [6, 6.07) is 11.0. The van der Waals surface area contributed by atoms with Crippen molar-refractivity contribution in [3.05, 3.63) is 64.5 Å². The number of halogens is 2. The first-order valence-corrected chi connectivity index (χ1v) is 11.2. The lowest BCUT2D eigenvalue weighted by Gasteiger charge is -2.33. The molecule has 1 aromatic heterocycles. The molecule has 1 unspecified atom stereocenters. The maximum Gasteiger partial charge on any atom is 0.261 e. The molecule has 32 heavy (non-hydrogen) atoms. The highest BCUT2D eigenvalue weighted by Gasteiger charge is 2.23. The fraction of sp³-hybridized carbons (Fsp3) is 0.440. The third-order valence-corrected chi connectivity index (χ3v) is 5.97. The van der Waals surface area contributed by atoms with E-state index in [1.165, 1.54) is 12.1 Å². The molecule has 0 aliphatic carbocycles. The van der Waals surface area contributed by atoms with Crippen LogP contribution in [-0.4, -0.2) is 40.8 Å². The van der Waals surface area contributed by atoms with E-state index in [0.29, 0.717) is 35.5 Å². The van der Waals surface area contributed by atoms with Crippen molar-refractivity contribution in [3.8, 4) is 11.5 Å². The number of fused-ring (bicyclic) bond motifs is 1. The van der Waals surface area contributed by atoms with E-state index in [4.69, 9.17) is 9.72 Å². The van der Waals surface area contributed by atoms with Crippen LogP contribution in [0, 0.1) is 11.7 Å². The summed E-state index contributed by atoms with van der Waals surface area (Å²) in [6.07, 6.45) is 2.02. The van der Waals surface area contributed by atoms with Crippen LogP contribution in [0.3, 0.4) is 0 Å². The Morgan fingerprint density at radius 3 is 2.62 bits per heavy atom. The maximum absolute atomic E-state index is 13.5. The Labute approximate surface area is 186 Å². The van der Waals surface area contributed by atoms with Crippen LogP contribution in [0.1, 0.15) is 38.4 Å². The second-order valence-electron chi connectivity index (χ2n) is 8.77. The number of benzene rings is 2. The van der Waals surface area contributed by atoms with Crippen LogP contribution in [0.4, 0.5) is 8.78 Å². The average Bonchev–Trinajstić information content (AvgIpc) is 2.78. The van der Waals surface area contributed by atoms with Crippen LogP contribution in [0.25, 0.3) is 10.9 Å². The molecule has 1 saturated heterocycles. The molecule has 7 heteroatoms. The zero-order chi connectivity index (χ0) is 22.7. The van der Waals surface area contributed by atoms with Crippen molar-refractivity contribution in [1.29, 1.82) is 0 Å². The van der Waals surface area contributed by atoms with Gasteiger partial charge in [-0.25, -0.2) is 13.8 Å². The van der Waals surface area contributed by atoms with Crippen molar-refractivity contribution < 1.29 is 13.5 Å². The smallest absolute Gasteiger partial charge is 0.261 e. The molecule has 0 radical (unpaired) electrons. The summed E-state index contributed by atoms with van der Waals surface area (Å²) in [4.78, 5) is 20.5. The van der Waals surface area contributed by atoms with E-state index in [9.17, 15) is 13.6 Å². The number of hydrogen-bond acceptors (Lipinski definition) is 4. The minimum Gasteiger partial charge on any atom is -0.457 e. The number of rotatable bonds is 7. The zero-order valence-corrected chi connectivity index (χ0v) is 18.6. The summed E-state index contributed by atoms with van der Waals surface area (Å²) < 4.78 is 33.6. The first kappa shape index (κ1) is 22.4. The molecule has 1 aliphatic heterocycles. The molecule has 4 rings (SSSR count). The quantitative estimate of drug-likeness (QED) is 0.510. The summed E-state index contributed by atoms with van der Waals surface area (Å²) in [5.41, 5.74) is 0.537. The normalized spacial score (nSPS) is 17.2. The third-order valence-electron chi connectivity index (χ3n) is 5.97. The molecule has 0 spiro atoms. The number of piperidine rings is 1. The highest BCUT2D eigenvalue weighted by atomic mass is 19.1. The second kappa shape index (κ2) is 9.77. The van der Waals surface area contributed by atoms with E-state index in [2.05, 4.69) is 4.90 Å². The SMILES string of the molecule is CC(C)c1nc2ccc(Oc3ccc(F)cc3)cc2c(=O)n1CC1CCCN(CCF)C1. The van der Waals surface area contributed by atoms with E-state index in [0.717, 1.165) is 31.8 Å². The summed E-state index contributed by atoms with van der Waals surface area (Å²) in [5, 5.41) is 0.491. The van der Waals surface area contributed by atoms with E-state index in [1.807, 2.05) is 13.8 Å². The fourth-order valence-electron chi connectivity index (χ4n) is 4.42. The topological polar surface area (TPSA) is 47.4 Å². The Bertz CT molecular complexity index is 1130. The van der Waals surface area contributed by atoms with Gasteiger partial charge in [0.15, 0.2) is 0 Å². The number of ether oxygens (including phenoxy) is 1. The predicted molar refractivity (Wildman–Crippen MR) is 122 cm³/mol. The molecule has 0 amide bonds. The lowest BCUT2D eigenvalue weighted by atomic mass is 9.97. The molecule has 5 nitrogen and oxygen atoms in total. The van der Waals surface area contributed by atoms with E-state index in [-0.39, 0.29) is 29.9 Å². The Kier molecular flexibility index (Phi) is 6.84. The van der Waals surface area contributed by atoms with Crippen molar-refractivity contribution in [3.63, 3.8) is 0 Å². The van der Waals surface area contributed by atoms with E-state index >= 15 is 0 Å². The van der Waals surface area contributed by atoms with Gasteiger partial charge in [0.05, 0.1) is 10.9 Å². The number of likely N-dealkylation sites (tertiary alicyclic amines) is 1. The second-order valence-corrected chi connectivity index (χ2v) is 8.77. The summed E-state index contributed by atoms with van der Waals surface area (Å²) in [6.45, 7) is 6.44. The Morgan fingerprint density at radius 2 is 1.91 bits per heavy atom. The van der Waals surface area contributed by atoms with Crippen LogP contribution in [0.15, 0.2) is 47.3 Å². The highest BCUT2D eigenvalue weighted by molar-refractivity contribution is 5.79. The molecular formula is C25H29F2N3O2. The molecule has 0 saturated carbocycles. The molecule has 0 N–H and O–H groups in total. The molecule has 2 heterocycles. The first-order valence-electron chi connectivity index (χ1n) is 11.2. The van der Waals surface area contributed by atoms with Gasteiger partial charge < -0.3 is 9.64 Å². The Morgan fingerprint density at radius 1 is 1.16 bits per heavy atom. The largest absolute Gasteiger partial charge is 0.457 e. The lowest BCUT2D eigenvalue weighted by Crippen LogP contribution is -2.40. The molecular weight excluding hydrogens is 412 g/mol. The van der Waals surface area contributed by atoms with Gasteiger partial charge in [-0.2, -0.15) is 0 Å². The molecule has 1 fully saturated rings. The highest BCUT2D eigenvalue weighted by Crippen LogP contribution is 2.26. The van der Waals surface area contributed by atoms with Gasteiger partial charge in [-0.05, 0) is 67.8 Å². The van der Waals surface area contributed by atoms with E-state index < -0.39 is 0 Å². The van der Waals surface area contributed by atoms with Crippen LogP contribution >= 0.6 is 0 Å². The zero-order valence-electron chi connectivity index (χ0n) is 18.6. The number of nitrogens with zero attached hydrogens (tertiary/aromatic N) is 3. The van der Waals surface area contributed by atoms with Crippen LogP contribution < -0.4 is 10.3 Å². The van der Waals surface area contributed by atoms with Gasteiger partial charge in [0, 0.05) is 25.6 Å². The summed E-state index contributed by atoms with van der Waals surface area (Å²) >= 11 is 0. The number of hydrogen-bond donors (Lipinski definition) is 0. The van der Waals surface area contributed by atoms with Crippen molar-refractivity contribution >= 4 is 10.9 Å². The van der Waals surface area contributed by atoms with Gasteiger partial charge in [0.25, 0.3) is 5.56 Å². The molecule has 2 aromatic carbocycles. The van der Waals surface area contributed by atoms with Crippen molar-refractivity contribution in [1.82, 2.24) is 14.5 Å².